The maximum Gasteiger partial charge on any atom is 0.212 e. The maximum absolute atomic E-state index is 6.19. The minimum Gasteiger partial charge on any atom is -0.484 e. The lowest BCUT2D eigenvalue weighted by molar-refractivity contribution is 0.290. The Balaban J connectivity index is 1.58. The molecule has 2 heterocycles. The first-order valence-electron chi connectivity index (χ1n) is 7.90. The predicted octanol–water partition coefficient (Wildman–Crippen LogP) is 4.83. The summed E-state index contributed by atoms with van der Waals surface area (Å²) in [7, 11) is 0. The molecule has 0 amide bonds. The first-order chi connectivity index (χ1) is 12.6. The minimum absolute atomic E-state index is 0.230. The van der Waals surface area contributed by atoms with Gasteiger partial charge in [0.15, 0.2) is 5.82 Å². The molecule has 8 heteroatoms. The average Bonchev–Trinajstić information content (AvgIpc) is 3.05. The van der Waals surface area contributed by atoms with Gasteiger partial charge < -0.3 is 4.74 Å². The van der Waals surface area contributed by atoms with E-state index in [0.717, 1.165) is 27.7 Å². The molecule has 4 rings (SSSR count). The van der Waals surface area contributed by atoms with Crippen LogP contribution < -0.4 is 4.74 Å². The Bertz CT molecular complexity index is 985. The van der Waals surface area contributed by atoms with E-state index < -0.39 is 0 Å². The molecule has 0 atom stereocenters. The lowest BCUT2D eigenvalue weighted by Gasteiger charge is -2.14. The highest BCUT2D eigenvalue weighted by atomic mass is 35.5. The first-order valence-corrected chi connectivity index (χ1v) is 9.64. The van der Waals surface area contributed by atoms with Crippen molar-refractivity contribution in [2.45, 2.75) is 18.7 Å². The van der Waals surface area contributed by atoms with Gasteiger partial charge in [-0.05, 0) is 42.3 Å². The average molecular weight is 405 g/mol. The highest BCUT2D eigenvalue weighted by molar-refractivity contribution is 7.99. The number of thioether (sulfide) groups is 1. The largest absolute Gasteiger partial charge is 0.484 e. The SMILES string of the molecule is Cc1ccc(Cl)c(OCc2nnc3n2N=C(c2ccc(Cl)cc2)CS3)c1. The molecule has 1 aliphatic rings. The molecule has 0 unspecified atom stereocenters. The Morgan fingerprint density at radius 1 is 1.12 bits per heavy atom. The zero-order valence-electron chi connectivity index (χ0n) is 13.8. The zero-order valence-corrected chi connectivity index (χ0v) is 16.1. The molecule has 1 aromatic heterocycles. The van der Waals surface area contributed by atoms with E-state index in [1.807, 2.05) is 49.4 Å². The molecule has 0 aliphatic carbocycles. The summed E-state index contributed by atoms with van der Waals surface area (Å²) in [6.45, 7) is 2.22. The van der Waals surface area contributed by atoms with Crippen molar-refractivity contribution in [2.24, 2.45) is 5.10 Å². The number of nitrogens with zero attached hydrogens (tertiary/aromatic N) is 4. The van der Waals surface area contributed by atoms with Crippen molar-refractivity contribution < 1.29 is 4.74 Å². The Morgan fingerprint density at radius 3 is 2.73 bits per heavy atom. The van der Waals surface area contributed by atoms with Crippen LogP contribution in [-0.4, -0.2) is 26.3 Å². The third kappa shape index (κ3) is 3.58. The van der Waals surface area contributed by atoms with E-state index >= 15 is 0 Å². The number of rotatable bonds is 4. The monoisotopic (exact) mass is 404 g/mol. The highest BCUT2D eigenvalue weighted by Crippen LogP contribution is 2.28. The molecular weight excluding hydrogens is 391 g/mol. The predicted molar refractivity (Wildman–Crippen MR) is 105 cm³/mol. The van der Waals surface area contributed by atoms with Crippen molar-refractivity contribution in [1.82, 2.24) is 14.9 Å². The van der Waals surface area contributed by atoms with E-state index in [1.165, 1.54) is 0 Å². The number of hydrogen-bond donors (Lipinski definition) is 0. The van der Waals surface area contributed by atoms with E-state index in [9.17, 15) is 0 Å². The van der Waals surface area contributed by atoms with Crippen molar-refractivity contribution in [3.63, 3.8) is 0 Å². The Kier molecular flexibility index (Phi) is 4.89. The van der Waals surface area contributed by atoms with Crippen LogP contribution in [0.5, 0.6) is 5.75 Å². The fraction of sp³-hybridized carbons (Fsp3) is 0.167. The van der Waals surface area contributed by atoms with Gasteiger partial charge in [-0.2, -0.15) is 9.78 Å². The number of ether oxygens (including phenoxy) is 1. The number of hydrogen-bond acceptors (Lipinski definition) is 5. The van der Waals surface area contributed by atoms with Crippen LogP contribution in [0.25, 0.3) is 0 Å². The molecule has 0 radical (unpaired) electrons. The molecule has 132 valence electrons. The smallest absolute Gasteiger partial charge is 0.212 e. The summed E-state index contributed by atoms with van der Waals surface area (Å²) in [5.74, 6) is 1.97. The summed E-state index contributed by atoms with van der Waals surface area (Å²) in [5.41, 5.74) is 3.04. The van der Waals surface area contributed by atoms with Gasteiger partial charge >= 0.3 is 0 Å². The molecule has 1 aliphatic heterocycles. The minimum atomic E-state index is 0.230. The van der Waals surface area contributed by atoms with Crippen molar-refractivity contribution in [1.29, 1.82) is 0 Å². The molecule has 0 fully saturated rings. The molecule has 26 heavy (non-hydrogen) atoms. The Hall–Kier alpha value is -2.02. The van der Waals surface area contributed by atoms with Crippen LogP contribution in [0.2, 0.25) is 10.0 Å². The van der Waals surface area contributed by atoms with Crippen molar-refractivity contribution >= 4 is 40.7 Å². The highest BCUT2D eigenvalue weighted by Gasteiger charge is 2.20. The van der Waals surface area contributed by atoms with Gasteiger partial charge in [0.25, 0.3) is 0 Å². The van der Waals surface area contributed by atoms with Gasteiger partial charge in [0.1, 0.15) is 12.4 Å². The molecule has 0 saturated heterocycles. The van der Waals surface area contributed by atoms with Gasteiger partial charge in [-0.25, -0.2) is 0 Å². The van der Waals surface area contributed by atoms with Gasteiger partial charge in [0.05, 0.1) is 10.7 Å². The second kappa shape index (κ2) is 7.31. The molecule has 0 bridgehead atoms. The van der Waals surface area contributed by atoms with Crippen LogP contribution in [0, 0.1) is 6.92 Å². The molecule has 2 aromatic carbocycles. The summed E-state index contributed by atoms with van der Waals surface area (Å²) >= 11 is 13.7. The quantitative estimate of drug-likeness (QED) is 0.624. The van der Waals surface area contributed by atoms with Gasteiger partial charge in [0, 0.05) is 10.8 Å². The molecule has 0 N–H and O–H groups in total. The summed E-state index contributed by atoms with van der Waals surface area (Å²) in [6.07, 6.45) is 0. The fourth-order valence-electron chi connectivity index (χ4n) is 2.51. The standard InChI is InChI=1S/C18H14Cl2N4OS/c1-11-2-7-14(20)16(8-11)25-9-17-21-22-18-24(17)23-15(10-26-18)12-3-5-13(19)6-4-12/h2-8H,9-10H2,1H3. The van der Waals surface area contributed by atoms with E-state index in [1.54, 1.807) is 16.4 Å². The topological polar surface area (TPSA) is 52.3 Å². The Morgan fingerprint density at radius 2 is 1.92 bits per heavy atom. The van der Waals surface area contributed by atoms with Gasteiger partial charge in [0.2, 0.25) is 5.16 Å². The molecule has 5 nitrogen and oxygen atoms in total. The normalized spacial score (nSPS) is 13.3. The van der Waals surface area contributed by atoms with Crippen LogP contribution in [0.4, 0.5) is 0 Å². The number of halogens is 2. The molecule has 3 aromatic rings. The number of fused-ring (bicyclic) bond motifs is 1. The van der Waals surface area contributed by atoms with Gasteiger partial charge in [-0.3, -0.25) is 0 Å². The van der Waals surface area contributed by atoms with Crippen LogP contribution in [0.3, 0.4) is 0 Å². The van der Waals surface area contributed by atoms with Gasteiger partial charge in [-0.1, -0.05) is 53.2 Å². The number of aromatic nitrogens is 3. The van der Waals surface area contributed by atoms with E-state index in [2.05, 4.69) is 15.3 Å². The summed E-state index contributed by atoms with van der Waals surface area (Å²) in [6, 6.07) is 13.3. The van der Waals surface area contributed by atoms with Crippen LogP contribution >= 0.6 is 35.0 Å². The zero-order chi connectivity index (χ0) is 18.1. The third-order valence-electron chi connectivity index (χ3n) is 3.86. The van der Waals surface area contributed by atoms with E-state index in [0.29, 0.717) is 21.6 Å². The summed E-state index contributed by atoms with van der Waals surface area (Å²) in [5, 5.41) is 15.1. The number of aryl methyl sites for hydroxylation is 1. The second-order valence-electron chi connectivity index (χ2n) is 5.78. The van der Waals surface area contributed by atoms with Crippen molar-refractivity contribution in [2.75, 3.05) is 5.75 Å². The maximum atomic E-state index is 6.19. The first kappa shape index (κ1) is 17.4. The lowest BCUT2D eigenvalue weighted by atomic mass is 10.1. The molecule has 0 saturated carbocycles. The van der Waals surface area contributed by atoms with Crippen molar-refractivity contribution in [3.8, 4) is 5.75 Å². The van der Waals surface area contributed by atoms with Crippen molar-refractivity contribution in [3.05, 3.63) is 69.5 Å². The Labute approximate surface area is 165 Å². The van der Waals surface area contributed by atoms with Crippen LogP contribution in [-0.2, 0) is 6.61 Å². The molecular formula is C18H14Cl2N4OS. The van der Waals surface area contributed by atoms with E-state index in [-0.39, 0.29) is 6.61 Å². The number of benzene rings is 2. The molecule has 0 spiro atoms. The van der Waals surface area contributed by atoms with Crippen LogP contribution in [0.1, 0.15) is 17.0 Å². The summed E-state index contributed by atoms with van der Waals surface area (Å²) < 4.78 is 7.56. The summed E-state index contributed by atoms with van der Waals surface area (Å²) in [4.78, 5) is 0. The fourth-order valence-corrected chi connectivity index (χ4v) is 3.66. The lowest BCUT2D eigenvalue weighted by Crippen LogP contribution is -2.15. The van der Waals surface area contributed by atoms with Crippen LogP contribution in [0.15, 0.2) is 52.7 Å². The van der Waals surface area contributed by atoms with Gasteiger partial charge in [-0.15, -0.1) is 10.2 Å². The second-order valence-corrected chi connectivity index (χ2v) is 7.56. The third-order valence-corrected chi connectivity index (χ3v) is 5.35. The van der Waals surface area contributed by atoms with E-state index in [4.69, 9.17) is 27.9 Å².